The van der Waals surface area contributed by atoms with Gasteiger partial charge in [-0.25, -0.2) is 0 Å². The van der Waals surface area contributed by atoms with Gasteiger partial charge in [0.1, 0.15) is 0 Å². The molecule has 0 radical (unpaired) electrons. The van der Waals surface area contributed by atoms with Crippen LogP contribution in [0, 0.1) is 0 Å². The van der Waals surface area contributed by atoms with Gasteiger partial charge in [-0.05, 0) is 6.42 Å². The van der Waals surface area contributed by atoms with Crippen molar-refractivity contribution in [3.63, 3.8) is 0 Å². The minimum absolute atomic E-state index is 0. The number of carbonyl (C=O) groups is 1. The Morgan fingerprint density at radius 2 is 1.24 bits per heavy atom. The second-order valence-electron chi connectivity index (χ2n) is 4.52. The van der Waals surface area contributed by atoms with Crippen LogP contribution in [0.3, 0.4) is 0 Å². The molecule has 3 heteroatoms. The summed E-state index contributed by atoms with van der Waals surface area (Å²) in [6.45, 7) is 4.32. The van der Waals surface area contributed by atoms with Crippen LogP contribution in [0.5, 0.6) is 0 Å². The molecule has 2 nitrogen and oxygen atoms in total. The second kappa shape index (κ2) is 16.3. The number of unbranched alkanes of at least 4 members (excludes halogenated alkanes) is 9. The molecule has 0 saturated heterocycles. The normalized spacial score (nSPS) is 9.76. The summed E-state index contributed by atoms with van der Waals surface area (Å²) >= 11 is 0. The van der Waals surface area contributed by atoms with Crippen molar-refractivity contribution in [2.75, 3.05) is 6.61 Å². The first-order valence-electron chi connectivity index (χ1n) is 6.90. The van der Waals surface area contributed by atoms with Gasteiger partial charge >= 0.3 is 30.4 Å². The molecule has 0 unspecified atom stereocenters. The molecule has 0 saturated carbocycles. The maximum atomic E-state index is 10.5. The third kappa shape index (κ3) is 18.8. The zero-order valence-corrected chi connectivity index (χ0v) is 15.8. The molecule has 0 N–H and O–H groups in total. The van der Waals surface area contributed by atoms with Gasteiger partial charge in [0.05, 0.1) is 6.61 Å². The SMILES string of the molecule is CCCCCCCCCCCCOC(C)=O.[SbH3]. The number of hydrogen-bond donors (Lipinski definition) is 0. The minimum atomic E-state index is -0.157. The molecule has 0 aromatic heterocycles. The zero-order chi connectivity index (χ0) is 12.1. The Balaban J connectivity index is 0. The Morgan fingerprint density at radius 3 is 1.65 bits per heavy atom. The van der Waals surface area contributed by atoms with Gasteiger partial charge in [-0.15, -0.1) is 0 Å². The molecule has 0 aromatic carbocycles. The third-order valence-corrected chi connectivity index (χ3v) is 2.80. The molecule has 0 aliphatic rings. The zero-order valence-electron chi connectivity index (χ0n) is 11.8. The van der Waals surface area contributed by atoms with E-state index in [9.17, 15) is 4.79 Å². The molecule has 0 rings (SSSR count). The topological polar surface area (TPSA) is 26.3 Å². The van der Waals surface area contributed by atoms with E-state index in [0.29, 0.717) is 6.61 Å². The number of esters is 1. The predicted molar refractivity (Wildman–Crippen MR) is 78.4 cm³/mol. The van der Waals surface area contributed by atoms with Crippen molar-refractivity contribution in [2.45, 2.75) is 78.1 Å². The summed E-state index contributed by atoms with van der Waals surface area (Å²) in [6.07, 6.45) is 13.1. The van der Waals surface area contributed by atoms with Crippen LogP contribution in [-0.4, -0.2) is 37.0 Å². The second-order valence-corrected chi connectivity index (χ2v) is 4.52. The molecule has 0 amide bonds. The van der Waals surface area contributed by atoms with Crippen molar-refractivity contribution in [3.05, 3.63) is 0 Å². The average Bonchev–Trinajstić information content (AvgIpc) is 2.25. The van der Waals surface area contributed by atoms with Crippen molar-refractivity contribution < 1.29 is 9.53 Å². The first-order chi connectivity index (χ1) is 7.77. The summed E-state index contributed by atoms with van der Waals surface area (Å²) in [4.78, 5) is 10.5. The van der Waals surface area contributed by atoms with Crippen molar-refractivity contribution in [2.24, 2.45) is 0 Å². The molecular weight excluding hydrogens is 322 g/mol. The number of ether oxygens (including phenoxy) is 1. The molecule has 0 spiro atoms. The molecule has 0 bridgehead atoms. The molecule has 0 heterocycles. The van der Waals surface area contributed by atoms with Crippen LogP contribution in [0.15, 0.2) is 0 Å². The van der Waals surface area contributed by atoms with Crippen LogP contribution in [0.25, 0.3) is 0 Å². The van der Waals surface area contributed by atoms with Gasteiger partial charge in [-0.2, -0.15) is 0 Å². The van der Waals surface area contributed by atoms with Crippen molar-refractivity contribution in [1.82, 2.24) is 0 Å². The van der Waals surface area contributed by atoms with Crippen LogP contribution in [0.2, 0.25) is 0 Å². The van der Waals surface area contributed by atoms with E-state index in [1.165, 1.54) is 64.7 Å². The Kier molecular flexibility index (Phi) is 18.8. The maximum absolute atomic E-state index is 10.5. The molecule has 17 heavy (non-hydrogen) atoms. The first-order valence-corrected chi connectivity index (χ1v) is 6.90. The molecule has 0 aromatic rings. The van der Waals surface area contributed by atoms with E-state index >= 15 is 0 Å². The Bertz CT molecular complexity index is 160. The van der Waals surface area contributed by atoms with Gasteiger partial charge in [0.25, 0.3) is 0 Å². The summed E-state index contributed by atoms with van der Waals surface area (Å²) < 4.78 is 4.87. The fourth-order valence-corrected chi connectivity index (χ4v) is 1.81. The summed E-state index contributed by atoms with van der Waals surface area (Å²) in [7, 11) is 0. The van der Waals surface area contributed by atoms with Gasteiger partial charge in [-0.1, -0.05) is 64.7 Å². The van der Waals surface area contributed by atoms with Gasteiger partial charge in [0.15, 0.2) is 0 Å². The van der Waals surface area contributed by atoms with E-state index in [1.807, 2.05) is 0 Å². The molecule has 0 aliphatic heterocycles. The van der Waals surface area contributed by atoms with E-state index in [2.05, 4.69) is 6.92 Å². The third-order valence-electron chi connectivity index (χ3n) is 2.80. The summed E-state index contributed by atoms with van der Waals surface area (Å²) in [6, 6.07) is 0. The summed E-state index contributed by atoms with van der Waals surface area (Å²) in [5.41, 5.74) is 0. The number of rotatable bonds is 11. The number of hydrogen-bond acceptors (Lipinski definition) is 2. The van der Waals surface area contributed by atoms with Crippen LogP contribution < -0.4 is 0 Å². The van der Waals surface area contributed by atoms with Crippen molar-refractivity contribution >= 4 is 30.4 Å². The van der Waals surface area contributed by atoms with Crippen molar-refractivity contribution in [1.29, 1.82) is 0 Å². The van der Waals surface area contributed by atoms with Gasteiger partial charge in [0.2, 0.25) is 0 Å². The molecule has 0 fully saturated rings. The van der Waals surface area contributed by atoms with Crippen LogP contribution in [0.1, 0.15) is 78.1 Å². The number of carbonyl (C=O) groups excluding carboxylic acids is 1. The first kappa shape index (κ1) is 19.6. The Labute approximate surface area is 124 Å². The van der Waals surface area contributed by atoms with Gasteiger partial charge in [0, 0.05) is 6.92 Å². The van der Waals surface area contributed by atoms with E-state index < -0.39 is 0 Å². The molecule has 0 aliphatic carbocycles. The van der Waals surface area contributed by atoms with Gasteiger partial charge < -0.3 is 4.74 Å². The van der Waals surface area contributed by atoms with Crippen LogP contribution in [0.4, 0.5) is 0 Å². The van der Waals surface area contributed by atoms with Crippen molar-refractivity contribution in [3.8, 4) is 0 Å². The van der Waals surface area contributed by atoms with Crippen LogP contribution >= 0.6 is 0 Å². The summed E-state index contributed by atoms with van der Waals surface area (Å²) in [5, 5.41) is 0. The fourth-order valence-electron chi connectivity index (χ4n) is 1.81. The fraction of sp³-hybridized carbons (Fsp3) is 0.929. The Hall–Kier alpha value is 0.288. The average molecular weight is 353 g/mol. The predicted octanol–water partition coefficient (Wildman–Crippen LogP) is 3.29. The van der Waals surface area contributed by atoms with Crippen LogP contribution in [-0.2, 0) is 9.53 Å². The summed E-state index contributed by atoms with van der Waals surface area (Å²) in [5.74, 6) is -0.157. The monoisotopic (exact) mass is 352 g/mol. The Morgan fingerprint density at radius 1 is 0.824 bits per heavy atom. The molecule has 0 atom stereocenters. The quantitative estimate of drug-likeness (QED) is 0.324. The molecular formula is C14H31O2Sb. The van der Waals surface area contributed by atoms with E-state index in [1.54, 1.807) is 0 Å². The van der Waals surface area contributed by atoms with E-state index in [0.717, 1.165) is 6.42 Å². The van der Waals surface area contributed by atoms with E-state index in [4.69, 9.17) is 4.74 Å². The van der Waals surface area contributed by atoms with E-state index in [-0.39, 0.29) is 30.4 Å². The molecule has 104 valence electrons. The van der Waals surface area contributed by atoms with Gasteiger partial charge in [-0.3, -0.25) is 4.79 Å². The standard InChI is InChI=1S/C14H28O2.Sb.3H/c1-3-4-5-6-7-8-9-10-11-12-13-16-14(2)15;;;;/h3-13H2,1-2H3;;;;.